The molecule has 1 aliphatic carbocycles. The van der Waals surface area contributed by atoms with Crippen LogP contribution in [0.3, 0.4) is 0 Å². The molecule has 0 bridgehead atoms. The Morgan fingerprint density at radius 2 is 1.88 bits per heavy atom. The van der Waals surface area contributed by atoms with Crippen LogP contribution in [0.15, 0.2) is 18.2 Å². The van der Waals surface area contributed by atoms with Gasteiger partial charge in [0.25, 0.3) is 0 Å². The van der Waals surface area contributed by atoms with E-state index in [1.165, 1.54) is 19.3 Å². The average Bonchev–Trinajstić information content (AvgIpc) is 2.30. The lowest BCUT2D eigenvalue weighted by Gasteiger charge is -2.23. The Hall–Kier alpha value is -1.18. The minimum atomic E-state index is 0.341. The first-order chi connectivity index (χ1) is 8.16. The Morgan fingerprint density at radius 3 is 2.47 bits per heavy atom. The first-order valence-corrected chi connectivity index (χ1v) is 6.66. The van der Waals surface area contributed by atoms with E-state index in [-0.39, 0.29) is 0 Å². The van der Waals surface area contributed by atoms with Crippen LogP contribution in [0.5, 0.6) is 11.5 Å². The number of ether oxygens (including phenoxy) is 1. The Balaban J connectivity index is 2.04. The fraction of sp³-hybridized carbons (Fsp3) is 0.600. The number of aromatic hydroxyl groups is 1. The number of rotatable bonds is 3. The van der Waals surface area contributed by atoms with E-state index in [9.17, 15) is 5.11 Å². The molecular weight excluding hydrogens is 212 g/mol. The summed E-state index contributed by atoms with van der Waals surface area (Å²) in [5.41, 5.74) is 0.987. The van der Waals surface area contributed by atoms with Crippen molar-refractivity contribution in [2.75, 3.05) is 0 Å². The highest BCUT2D eigenvalue weighted by atomic mass is 16.5. The van der Waals surface area contributed by atoms with Crippen LogP contribution < -0.4 is 4.74 Å². The lowest BCUT2D eigenvalue weighted by molar-refractivity contribution is 0.154. The summed E-state index contributed by atoms with van der Waals surface area (Å²) in [7, 11) is 0. The van der Waals surface area contributed by atoms with Crippen molar-refractivity contribution in [1.82, 2.24) is 0 Å². The molecule has 1 aliphatic rings. The molecule has 1 aromatic carbocycles. The molecule has 0 radical (unpaired) electrons. The standard InChI is InChI=1S/C15H22O2/c1-11(2)14-9-8-13(10-15(14)16)17-12-6-4-3-5-7-12/h8-12,16H,3-7H2,1-2H3. The summed E-state index contributed by atoms with van der Waals surface area (Å²) in [5.74, 6) is 1.51. The molecule has 2 nitrogen and oxygen atoms in total. The molecule has 0 aliphatic heterocycles. The molecule has 0 heterocycles. The van der Waals surface area contributed by atoms with Crippen molar-refractivity contribution in [3.05, 3.63) is 23.8 Å². The first-order valence-electron chi connectivity index (χ1n) is 6.66. The van der Waals surface area contributed by atoms with Gasteiger partial charge in [0.1, 0.15) is 11.5 Å². The summed E-state index contributed by atoms with van der Waals surface area (Å²) in [6.45, 7) is 4.16. The molecule has 2 heteroatoms. The third-order valence-electron chi connectivity index (χ3n) is 3.48. The van der Waals surface area contributed by atoms with Crippen LogP contribution in [-0.2, 0) is 0 Å². The topological polar surface area (TPSA) is 29.5 Å². The molecule has 94 valence electrons. The maximum Gasteiger partial charge on any atom is 0.123 e. The van der Waals surface area contributed by atoms with Gasteiger partial charge in [-0.05, 0) is 43.2 Å². The van der Waals surface area contributed by atoms with Gasteiger partial charge < -0.3 is 9.84 Å². The minimum absolute atomic E-state index is 0.341. The number of hydrogen-bond donors (Lipinski definition) is 1. The SMILES string of the molecule is CC(C)c1ccc(OC2CCCCC2)cc1O. The first kappa shape index (κ1) is 12.3. The molecule has 1 N–H and O–H groups in total. The third kappa shape index (κ3) is 3.15. The van der Waals surface area contributed by atoms with Crippen molar-refractivity contribution in [3.63, 3.8) is 0 Å². The highest BCUT2D eigenvalue weighted by molar-refractivity contribution is 5.41. The second-order valence-corrected chi connectivity index (χ2v) is 5.25. The van der Waals surface area contributed by atoms with Crippen molar-refractivity contribution in [3.8, 4) is 11.5 Å². The van der Waals surface area contributed by atoms with Crippen LogP contribution in [0, 0.1) is 0 Å². The van der Waals surface area contributed by atoms with Crippen molar-refractivity contribution in [2.45, 2.75) is 58.0 Å². The Morgan fingerprint density at radius 1 is 1.18 bits per heavy atom. The van der Waals surface area contributed by atoms with Gasteiger partial charge in [0.2, 0.25) is 0 Å². The number of benzene rings is 1. The molecule has 1 fully saturated rings. The van der Waals surface area contributed by atoms with E-state index in [4.69, 9.17) is 4.74 Å². The van der Waals surface area contributed by atoms with Gasteiger partial charge in [-0.15, -0.1) is 0 Å². The molecular formula is C15H22O2. The molecule has 1 saturated carbocycles. The maximum atomic E-state index is 9.91. The Labute approximate surface area is 104 Å². The smallest absolute Gasteiger partial charge is 0.123 e. The fourth-order valence-corrected chi connectivity index (χ4v) is 2.46. The molecule has 0 unspecified atom stereocenters. The quantitative estimate of drug-likeness (QED) is 0.848. The van der Waals surface area contributed by atoms with Crippen LogP contribution in [0.25, 0.3) is 0 Å². The van der Waals surface area contributed by atoms with E-state index in [0.717, 1.165) is 24.2 Å². The van der Waals surface area contributed by atoms with E-state index >= 15 is 0 Å². The van der Waals surface area contributed by atoms with Crippen molar-refractivity contribution < 1.29 is 9.84 Å². The van der Waals surface area contributed by atoms with Gasteiger partial charge in [0.05, 0.1) is 6.10 Å². The lowest BCUT2D eigenvalue weighted by atomic mass is 9.97. The van der Waals surface area contributed by atoms with Crippen molar-refractivity contribution in [1.29, 1.82) is 0 Å². The normalized spacial score (nSPS) is 17.4. The zero-order valence-electron chi connectivity index (χ0n) is 10.8. The van der Waals surface area contributed by atoms with Crippen LogP contribution in [0.4, 0.5) is 0 Å². The Kier molecular flexibility index (Phi) is 3.93. The maximum absolute atomic E-state index is 9.91. The predicted octanol–water partition coefficient (Wildman–Crippen LogP) is 4.23. The predicted molar refractivity (Wildman–Crippen MR) is 69.7 cm³/mol. The lowest BCUT2D eigenvalue weighted by Crippen LogP contribution is -2.19. The van der Waals surface area contributed by atoms with Gasteiger partial charge in [-0.25, -0.2) is 0 Å². The van der Waals surface area contributed by atoms with E-state index in [0.29, 0.717) is 17.8 Å². The van der Waals surface area contributed by atoms with Gasteiger partial charge in [0.15, 0.2) is 0 Å². The largest absolute Gasteiger partial charge is 0.508 e. The van der Waals surface area contributed by atoms with E-state index in [2.05, 4.69) is 13.8 Å². The zero-order chi connectivity index (χ0) is 12.3. The molecule has 2 rings (SSSR count). The van der Waals surface area contributed by atoms with E-state index in [1.807, 2.05) is 12.1 Å². The van der Waals surface area contributed by atoms with E-state index in [1.54, 1.807) is 6.07 Å². The third-order valence-corrected chi connectivity index (χ3v) is 3.48. The molecule has 0 aromatic heterocycles. The number of phenols is 1. The number of phenolic OH excluding ortho intramolecular Hbond substituents is 1. The van der Waals surface area contributed by atoms with Crippen LogP contribution >= 0.6 is 0 Å². The summed E-state index contributed by atoms with van der Waals surface area (Å²) < 4.78 is 5.91. The average molecular weight is 234 g/mol. The second-order valence-electron chi connectivity index (χ2n) is 5.25. The highest BCUT2D eigenvalue weighted by Crippen LogP contribution is 2.31. The fourth-order valence-electron chi connectivity index (χ4n) is 2.46. The second kappa shape index (κ2) is 5.44. The minimum Gasteiger partial charge on any atom is -0.508 e. The van der Waals surface area contributed by atoms with Crippen molar-refractivity contribution >= 4 is 0 Å². The summed E-state index contributed by atoms with van der Waals surface area (Å²) in [6, 6.07) is 5.70. The molecule has 0 amide bonds. The zero-order valence-corrected chi connectivity index (χ0v) is 10.8. The molecule has 0 atom stereocenters. The van der Waals surface area contributed by atoms with E-state index < -0.39 is 0 Å². The number of hydrogen-bond acceptors (Lipinski definition) is 2. The van der Waals surface area contributed by atoms with Crippen LogP contribution in [0.2, 0.25) is 0 Å². The monoisotopic (exact) mass is 234 g/mol. The summed E-state index contributed by atoms with van der Waals surface area (Å²) in [6.07, 6.45) is 6.49. The summed E-state index contributed by atoms with van der Waals surface area (Å²) in [4.78, 5) is 0. The molecule has 1 aromatic rings. The van der Waals surface area contributed by atoms with Gasteiger partial charge in [0, 0.05) is 6.07 Å². The van der Waals surface area contributed by atoms with Gasteiger partial charge >= 0.3 is 0 Å². The molecule has 17 heavy (non-hydrogen) atoms. The van der Waals surface area contributed by atoms with Crippen LogP contribution in [0.1, 0.15) is 57.4 Å². The van der Waals surface area contributed by atoms with Crippen molar-refractivity contribution in [2.24, 2.45) is 0 Å². The van der Waals surface area contributed by atoms with Crippen LogP contribution in [-0.4, -0.2) is 11.2 Å². The van der Waals surface area contributed by atoms with Gasteiger partial charge in [-0.2, -0.15) is 0 Å². The summed E-state index contributed by atoms with van der Waals surface area (Å²) in [5, 5.41) is 9.91. The Bertz CT molecular complexity index is 365. The van der Waals surface area contributed by atoms with Gasteiger partial charge in [-0.1, -0.05) is 26.3 Å². The summed E-state index contributed by atoms with van der Waals surface area (Å²) >= 11 is 0. The molecule has 0 saturated heterocycles. The van der Waals surface area contributed by atoms with Gasteiger partial charge in [-0.3, -0.25) is 0 Å². The highest BCUT2D eigenvalue weighted by Gasteiger charge is 2.15. The molecule has 0 spiro atoms.